The molecular formula is C23H24F2N4O4S. The van der Waals surface area contributed by atoms with Crippen LogP contribution in [0.25, 0.3) is 0 Å². The molecule has 180 valence electrons. The topological polar surface area (TPSA) is 96.2 Å². The number of esters is 1. The number of carbonyl (C=O) groups is 1. The maximum atomic E-state index is 13.6. The molecule has 8 nitrogen and oxygen atoms in total. The maximum absolute atomic E-state index is 13.6. The molecule has 0 unspecified atom stereocenters. The SMILES string of the molecule is COc1ncc(Cc2cn(CC(=O)OC(C)(C)C)c(SCc3ccc(F)c(F)c3)nc2=O)cn1. The van der Waals surface area contributed by atoms with E-state index in [1.54, 1.807) is 20.8 Å². The summed E-state index contributed by atoms with van der Waals surface area (Å²) in [7, 11) is 1.45. The van der Waals surface area contributed by atoms with E-state index < -0.39 is 28.8 Å². The number of rotatable bonds is 8. The van der Waals surface area contributed by atoms with Crippen LogP contribution in [-0.2, 0) is 28.2 Å². The lowest BCUT2D eigenvalue weighted by atomic mass is 10.1. The van der Waals surface area contributed by atoms with Gasteiger partial charge in [-0.05, 0) is 44.0 Å². The van der Waals surface area contributed by atoms with Crippen molar-refractivity contribution in [3.8, 4) is 6.01 Å². The Bertz CT molecular complexity index is 1230. The number of aromatic nitrogens is 4. The van der Waals surface area contributed by atoms with Gasteiger partial charge < -0.3 is 14.0 Å². The molecule has 3 aromatic rings. The van der Waals surface area contributed by atoms with Crippen molar-refractivity contribution in [3.63, 3.8) is 0 Å². The van der Waals surface area contributed by atoms with Crippen molar-refractivity contribution in [3.05, 3.63) is 75.5 Å². The fourth-order valence-electron chi connectivity index (χ4n) is 2.92. The second-order valence-electron chi connectivity index (χ2n) is 8.36. The Labute approximate surface area is 199 Å². The number of methoxy groups -OCH3 is 1. The smallest absolute Gasteiger partial charge is 0.326 e. The van der Waals surface area contributed by atoms with Crippen molar-refractivity contribution in [2.45, 2.75) is 50.2 Å². The molecule has 0 aliphatic rings. The second-order valence-corrected chi connectivity index (χ2v) is 9.30. The Kier molecular flexibility index (Phi) is 7.98. The minimum Gasteiger partial charge on any atom is -0.467 e. The van der Waals surface area contributed by atoms with Gasteiger partial charge in [0.2, 0.25) is 0 Å². The van der Waals surface area contributed by atoms with Crippen LogP contribution in [0.15, 0.2) is 46.7 Å². The highest BCUT2D eigenvalue weighted by atomic mass is 32.2. The molecule has 0 aliphatic heterocycles. The lowest BCUT2D eigenvalue weighted by Gasteiger charge is -2.21. The summed E-state index contributed by atoms with van der Waals surface area (Å²) in [5.41, 5.74) is 0.317. The Balaban J connectivity index is 1.88. The zero-order chi connectivity index (χ0) is 24.9. The Hall–Kier alpha value is -3.34. The summed E-state index contributed by atoms with van der Waals surface area (Å²) in [5.74, 6) is -2.20. The lowest BCUT2D eigenvalue weighted by Crippen LogP contribution is -2.28. The highest BCUT2D eigenvalue weighted by molar-refractivity contribution is 7.98. The monoisotopic (exact) mass is 490 g/mol. The number of ether oxygens (including phenoxy) is 2. The van der Waals surface area contributed by atoms with Gasteiger partial charge in [0.1, 0.15) is 12.1 Å². The molecule has 2 aromatic heterocycles. The Morgan fingerprint density at radius 3 is 2.44 bits per heavy atom. The third-order valence-corrected chi connectivity index (χ3v) is 5.42. The van der Waals surface area contributed by atoms with E-state index in [0.717, 1.165) is 23.9 Å². The fourth-order valence-corrected chi connectivity index (χ4v) is 3.83. The first-order valence-electron chi connectivity index (χ1n) is 10.3. The molecule has 11 heteroatoms. The summed E-state index contributed by atoms with van der Waals surface area (Å²) >= 11 is 1.12. The van der Waals surface area contributed by atoms with Gasteiger partial charge >= 0.3 is 12.0 Å². The molecule has 0 bridgehead atoms. The van der Waals surface area contributed by atoms with E-state index in [4.69, 9.17) is 9.47 Å². The molecule has 0 saturated heterocycles. The van der Waals surface area contributed by atoms with Crippen molar-refractivity contribution >= 4 is 17.7 Å². The van der Waals surface area contributed by atoms with E-state index >= 15 is 0 Å². The highest BCUT2D eigenvalue weighted by Crippen LogP contribution is 2.22. The van der Waals surface area contributed by atoms with Crippen LogP contribution < -0.4 is 10.3 Å². The molecule has 0 spiro atoms. The molecule has 0 N–H and O–H groups in total. The minimum atomic E-state index is -0.964. The number of nitrogens with zero attached hydrogens (tertiary/aromatic N) is 4. The van der Waals surface area contributed by atoms with Crippen molar-refractivity contribution < 1.29 is 23.0 Å². The van der Waals surface area contributed by atoms with Crippen molar-refractivity contribution in [2.75, 3.05) is 7.11 Å². The predicted octanol–water partition coefficient (Wildman–Crippen LogP) is 3.54. The number of halogens is 2. The largest absolute Gasteiger partial charge is 0.467 e. The molecule has 0 aliphatic carbocycles. The Morgan fingerprint density at radius 2 is 1.82 bits per heavy atom. The van der Waals surface area contributed by atoms with Crippen molar-refractivity contribution in [1.82, 2.24) is 19.5 Å². The summed E-state index contributed by atoms with van der Waals surface area (Å²) in [5, 5.41) is 0.246. The number of carbonyl (C=O) groups excluding carboxylic acids is 1. The zero-order valence-electron chi connectivity index (χ0n) is 19.2. The van der Waals surface area contributed by atoms with Gasteiger partial charge in [0, 0.05) is 36.3 Å². The van der Waals surface area contributed by atoms with E-state index in [0.29, 0.717) is 16.7 Å². The molecule has 0 fully saturated rings. The molecule has 1 aromatic carbocycles. The van der Waals surface area contributed by atoms with E-state index in [1.807, 2.05) is 0 Å². The Morgan fingerprint density at radius 1 is 1.12 bits per heavy atom. The van der Waals surface area contributed by atoms with Gasteiger partial charge in [0.15, 0.2) is 16.8 Å². The van der Waals surface area contributed by atoms with E-state index in [2.05, 4.69) is 15.0 Å². The van der Waals surface area contributed by atoms with E-state index in [1.165, 1.54) is 36.3 Å². The number of hydrogen-bond acceptors (Lipinski definition) is 8. The molecule has 2 heterocycles. The summed E-state index contributed by atoms with van der Waals surface area (Å²) in [4.78, 5) is 37.4. The van der Waals surface area contributed by atoms with Crippen LogP contribution in [0, 0.1) is 11.6 Å². The summed E-state index contributed by atoms with van der Waals surface area (Å²) in [6.45, 7) is 5.07. The van der Waals surface area contributed by atoms with E-state index in [-0.39, 0.29) is 29.9 Å². The van der Waals surface area contributed by atoms with Gasteiger partial charge in [0.05, 0.1) is 7.11 Å². The minimum absolute atomic E-state index is 0.184. The molecule has 0 radical (unpaired) electrons. The predicted molar refractivity (Wildman–Crippen MR) is 122 cm³/mol. The quantitative estimate of drug-likeness (QED) is 0.269. The third-order valence-electron chi connectivity index (χ3n) is 4.36. The van der Waals surface area contributed by atoms with Gasteiger partial charge in [-0.2, -0.15) is 4.98 Å². The molecule has 0 saturated carbocycles. The highest BCUT2D eigenvalue weighted by Gasteiger charge is 2.19. The van der Waals surface area contributed by atoms with Crippen LogP contribution in [0.5, 0.6) is 6.01 Å². The third kappa shape index (κ3) is 7.08. The van der Waals surface area contributed by atoms with E-state index in [9.17, 15) is 18.4 Å². The van der Waals surface area contributed by atoms with Gasteiger partial charge in [-0.15, -0.1) is 0 Å². The van der Waals surface area contributed by atoms with Crippen molar-refractivity contribution in [1.29, 1.82) is 0 Å². The first-order chi connectivity index (χ1) is 16.0. The molecular weight excluding hydrogens is 466 g/mol. The van der Waals surface area contributed by atoms with Crippen LogP contribution >= 0.6 is 11.8 Å². The molecule has 0 amide bonds. The van der Waals surface area contributed by atoms with Crippen LogP contribution in [-0.4, -0.2) is 38.2 Å². The van der Waals surface area contributed by atoms with Gasteiger partial charge in [-0.25, -0.2) is 18.7 Å². The summed E-state index contributed by atoms with van der Waals surface area (Å²) in [6, 6.07) is 3.76. The van der Waals surface area contributed by atoms with Gasteiger partial charge in [-0.1, -0.05) is 17.8 Å². The summed E-state index contributed by atoms with van der Waals surface area (Å²) in [6.07, 6.45) is 4.81. The average molecular weight is 491 g/mol. The number of benzene rings is 1. The number of thioether (sulfide) groups is 1. The fraction of sp³-hybridized carbons (Fsp3) is 0.348. The number of hydrogen-bond donors (Lipinski definition) is 0. The average Bonchev–Trinajstić information content (AvgIpc) is 2.76. The molecule has 0 atom stereocenters. The molecule has 34 heavy (non-hydrogen) atoms. The van der Waals surface area contributed by atoms with Crippen LogP contribution in [0.4, 0.5) is 8.78 Å². The standard InChI is InChI=1S/C23H24F2N4O4S/c1-23(2,3)33-19(30)12-29-11-16(7-15-9-26-21(32-4)27-10-15)20(31)28-22(29)34-13-14-5-6-17(24)18(25)8-14/h5-6,8-11H,7,12-13H2,1-4H3. The first kappa shape index (κ1) is 25.3. The van der Waals surface area contributed by atoms with Crippen LogP contribution in [0.1, 0.15) is 37.5 Å². The summed E-state index contributed by atoms with van der Waals surface area (Å²) < 4.78 is 38.6. The zero-order valence-corrected chi connectivity index (χ0v) is 20.0. The normalized spacial score (nSPS) is 11.4. The lowest BCUT2D eigenvalue weighted by molar-refractivity contribution is -0.155. The van der Waals surface area contributed by atoms with Crippen molar-refractivity contribution in [2.24, 2.45) is 0 Å². The van der Waals surface area contributed by atoms with Crippen LogP contribution in [0.3, 0.4) is 0 Å². The van der Waals surface area contributed by atoms with Crippen LogP contribution in [0.2, 0.25) is 0 Å². The van der Waals surface area contributed by atoms with Gasteiger partial charge in [-0.3, -0.25) is 9.59 Å². The van der Waals surface area contributed by atoms with Gasteiger partial charge in [0.25, 0.3) is 5.56 Å². The molecule has 3 rings (SSSR count). The first-order valence-corrected chi connectivity index (χ1v) is 11.3. The maximum Gasteiger partial charge on any atom is 0.326 e. The second kappa shape index (κ2) is 10.7.